The number of esters is 1. The summed E-state index contributed by atoms with van der Waals surface area (Å²) in [7, 11) is 0. The van der Waals surface area contributed by atoms with E-state index in [0.29, 0.717) is 30.2 Å². The zero-order valence-corrected chi connectivity index (χ0v) is 12.6. The van der Waals surface area contributed by atoms with Crippen LogP contribution in [0.4, 0.5) is 0 Å². The summed E-state index contributed by atoms with van der Waals surface area (Å²) in [6.07, 6.45) is 1.56. The average Bonchev–Trinajstić information content (AvgIpc) is 2.63. The molecule has 0 aliphatic carbocycles. The second-order valence-electron chi connectivity index (χ2n) is 5.63. The molecule has 1 aliphatic rings. The molecule has 0 saturated heterocycles. The van der Waals surface area contributed by atoms with Crippen LogP contribution in [0.5, 0.6) is 0 Å². The Morgan fingerprint density at radius 1 is 1.56 bits per heavy atom. The molecule has 1 heterocycles. The zero-order valence-electron chi connectivity index (χ0n) is 11.8. The maximum absolute atomic E-state index is 11.2. The van der Waals surface area contributed by atoms with E-state index < -0.39 is 0 Å². The number of hydrogen-bond donors (Lipinski definition) is 1. The van der Waals surface area contributed by atoms with E-state index in [4.69, 9.17) is 4.74 Å². The SMILES string of the molecule is CCOC(=O)CCNC1=NCC(CC(C)(C)C)S1. The van der Waals surface area contributed by atoms with Crippen LogP contribution >= 0.6 is 11.8 Å². The summed E-state index contributed by atoms with van der Waals surface area (Å²) in [6.45, 7) is 10.5. The molecule has 1 aliphatic heterocycles. The van der Waals surface area contributed by atoms with Crippen LogP contribution in [0, 0.1) is 5.41 Å². The summed E-state index contributed by atoms with van der Waals surface area (Å²) in [5, 5.41) is 4.73. The van der Waals surface area contributed by atoms with E-state index >= 15 is 0 Å². The summed E-state index contributed by atoms with van der Waals surface area (Å²) in [5.74, 6) is -0.153. The maximum Gasteiger partial charge on any atom is 0.307 e. The van der Waals surface area contributed by atoms with Crippen molar-refractivity contribution >= 4 is 22.9 Å². The molecule has 0 aromatic heterocycles. The molecule has 0 saturated carbocycles. The molecular weight excluding hydrogens is 248 g/mol. The first kappa shape index (κ1) is 15.3. The van der Waals surface area contributed by atoms with Gasteiger partial charge in [-0.05, 0) is 18.8 Å². The quantitative estimate of drug-likeness (QED) is 0.781. The summed E-state index contributed by atoms with van der Waals surface area (Å²) < 4.78 is 4.87. The Morgan fingerprint density at radius 2 is 2.28 bits per heavy atom. The van der Waals surface area contributed by atoms with Gasteiger partial charge in [-0.2, -0.15) is 0 Å². The molecule has 0 bridgehead atoms. The molecule has 0 aromatic rings. The number of nitrogens with one attached hydrogen (secondary N) is 1. The van der Waals surface area contributed by atoms with Gasteiger partial charge in [-0.3, -0.25) is 9.79 Å². The Bertz CT molecular complexity index is 311. The monoisotopic (exact) mass is 272 g/mol. The van der Waals surface area contributed by atoms with E-state index in [-0.39, 0.29) is 5.97 Å². The summed E-state index contributed by atoms with van der Waals surface area (Å²) in [6, 6.07) is 0. The summed E-state index contributed by atoms with van der Waals surface area (Å²) >= 11 is 1.79. The van der Waals surface area contributed by atoms with E-state index in [1.807, 2.05) is 6.92 Å². The van der Waals surface area contributed by atoms with E-state index in [2.05, 4.69) is 31.1 Å². The lowest BCUT2D eigenvalue weighted by molar-refractivity contribution is -0.142. The number of rotatable bonds is 5. The molecule has 1 N–H and O–H groups in total. The van der Waals surface area contributed by atoms with E-state index in [0.717, 1.165) is 18.1 Å². The second kappa shape index (κ2) is 7.02. The molecule has 1 rings (SSSR count). The fourth-order valence-electron chi connectivity index (χ4n) is 1.81. The maximum atomic E-state index is 11.2. The number of amidine groups is 1. The molecule has 0 radical (unpaired) electrons. The molecule has 1 unspecified atom stereocenters. The first-order valence-corrected chi connectivity index (χ1v) is 7.39. The van der Waals surface area contributed by atoms with E-state index in [1.54, 1.807) is 11.8 Å². The van der Waals surface area contributed by atoms with Crippen molar-refractivity contribution in [3.63, 3.8) is 0 Å². The van der Waals surface area contributed by atoms with Gasteiger partial charge in [-0.15, -0.1) is 0 Å². The molecule has 1 atom stereocenters. The molecule has 18 heavy (non-hydrogen) atoms. The normalized spacial score (nSPS) is 19.6. The number of carbonyl (C=O) groups excluding carboxylic acids is 1. The molecule has 104 valence electrons. The molecule has 0 amide bonds. The molecule has 5 heteroatoms. The fourth-order valence-corrected chi connectivity index (χ4v) is 3.19. The van der Waals surface area contributed by atoms with Crippen LogP contribution < -0.4 is 5.32 Å². The Balaban J connectivity index is 2.17. The predicted octanol–water partition coefficient (Wildman–Crippen LogP) is 2.44. The smallest absolute Gasteiger partial charge is 0.307 e. The van der Waals surface area contributed by atoms with Gasteiger partial charge in [0.2, 0.25) is 0 Å². The van der Waals surface area contributed by atoms with Crippen LogP contribution in [-0.2, 0) is 9.53 Å². The van der Waals surface area contributed by atoms with Gasteiger partial charge < -0.3 is 10.1 Å². The number of nitrogens with zero attached hydrogens (tertiary/aromatic N) is 1. The minimum Gasteiger partial charge on any atom is -0.466 e. The van der Waals surface area contributed by atoms with Crippen molar-refractivity contribution in [3.05, 3.63) is 0 Å². The Labute approximate surface area is 114 Å². The lowest BCUT2D eigenvalue weighted by atomic mass is 9.90. The standard InChI is InChI=1S/C13H24N2O2S/c1-5-17-11(16)6-7-14-12-15-9-10(18-12)8-13(2,3)4/h10H,5-9H2,1-4H3,(H,14,15). The molecule has 0 aromatic carbocycles. The highest BCUT2D eigenvalue weighted by Gasteiger charge is 2.24. The van der Waals surface area contributed by atoms with Gasteiger partial charge in [-0.1, -0.05) is 32.5 Å². The van der Waals surface area contributed by atoms with Crippen molar-refractivity contribution in [1.82, 2.24) is 5.32 Å². The third-order valence-corrected chi connectivity index (χ3v) is 3.61. The van der Waals surface area contributed by atoms with Crippen LogP contribution in [0.25, 0.3) is 0 Å². The van der Waals surface area contributed by atoms with Gasteiger partial charge in [0.15, 0.2) is 5.17 Å². The van der Waals surface area contributed by atoms with Gasteiger partial charge in [0, 0.05) is 11.8 Å². The van der Waals surface area contributed by atoms with Crippen molar-refractivity contribution in [1.29, 1.82) is 0 Å². The third-order valence-electron chi connectivity index (χ3n) is 2.47. The van der Waals surface area contributed by atoms with Crippen molar-refractivity contribution in [2.24, 2.45) is 10.4 Å². The molecule has 0 fully saturated rings. The molecule has 0 spiro atoms. The first-order chi connectivity index (χ1) is 8.40. The average molecular weight is 272 g/mol. The highest BCUT2D eigenvalue weighted by atomic mass is 32.2. The van der Waals surface area contributed by atoms with Gasteiger partial charge in [0.1, 0.15) is 0 Å². The topological polar surface area (TPSA) is 50.7 Å². The van der Waals surface area contributed by atoms with Gasteiger partial charge >= 0.3 is 5.97 Å². The van der Waals surface area contributed by atoms with Gasteiger partial charge in [0.05, 0.1) is 19.6 Å². The predicted molar refractivity (Wildman–Crippen MR) is 77.0 cm³/mol. The Hall–Kier alpha value is -0.710. The third kappa shape index (κ3) is 6.28. The fraction of sp³-hybridized carbons (Fsp3) is 0.846. The van der Waals surface area contributed by atoms with Crippen LogP contribution in [0.15, 0.2) is 4.99 Å². The van der Waals surface area contributed by atoms with Crippen molar-refractivity contribution in [3.8, 4) is 0 Å². The second-order valence-corrected chi connectivity index (χ2v) is 6.92. The highest BCUT2D eigenvalue weighted by Crippen LogP contribution is 2.31. The van der Waals surface area contributed by atoms with Crippen LogP contribution in [0.2, 0.25) is 0 Å². The summed E-state index contributed by atoms with van der Waals surface area (Å²) in [5.41, 5.74) is 0.341. The number of ether oxygens (including phenoxy) is 1. The minimum atomic E-state index is -0.153. The number of carbonyl (C=O) groups is 1. The van der Waals surface area contributed by atoms with E-state index in [1.165, 1.54) is 0 Å². The van der Waals surface area contributed by atoms with Crippen molar-refractivity contribution in [2.75, 3.05) is 19.7 Å². The van der Waals surface area contributed by atoms with Crippen molar-refractivity contribution < 1.29 is 9.53 Å². The number of aliphatic imine (C=N–C) groups is 1. The summed E-state index contributed by atoms with van der Waals surface area (Å²) in [4.78, 5) is 15.6. The molecule has 4 nitrogen and oxygen atoms in total. The lowest BCUT2D eigenvalue weighted by Crippen LogP contribution is -2.24. The minimum absolute atomic E-state index is 0.153. The van der Waals surface area contributed by atoms with Crippen LogP contribution in [0.1, 0.15) is 40.5 Å². The number of hydrogen-bond acceptors (Lipinski definition) is 5. The van der Waals surface area contributed by atoms with Gasteiger partial charge in [0.25, 0.3) is 0 Å². The van der Waals surface area contributed by atoms with Crippen molar-refractivity contribution in [2.45, 2.75) is 45.8 Å². The van der Waals surface area contributed by atoms with Crippen LogP contribution in [0.3, 0.4) is 0 Å². The van der Waals surface area contributed by atoms with E-state index in [9.17, 15) is 4.79 Å². The highest BCUT2D eigenvalue weighted by molar-refractivity contribution is 8.14. The number of thioether (sulfide) groups is 1. The largest absolute Gasteiger partial charge is 0.466 e. The Morgan fingerprint density at radius 3 is 2.89 bits per heavy atom. The zero-order chi connectivity index (χ0) is 13.6. The first-order valence-electron chi connectivity index (χ1n) is 6.51. The van der Waals surface area contributed by atoms with Gasteiger partial charge in [-0.25, -0.2) is 0 Å². The molecular formula is C13H24N2O2S. The van der Waals surface area contributed by atoms with Crippen LogP contribution in [-0.4, -0.2) is 36.1 Å². The lowest BCUT2D eigenvalue weighted by Gasteiger charge is -2.21. The Kier molecular flexibility index (Phi) is 5.99.